The topological polar surface area (TPSA) is 115 Å². The lowest BCUT2D eigenvalue weighted by molar-refractivity contribution is -0.138. The van der Waals surface area contributed by atoms with Crippen molar-refractivity contribution in [3.05, 3.63) is 42.2 Å². The minimum absolute atomic E-state index is 0.265. The molecule has 1 amide bonds. The summed E-state index contributed by atoms with van der Waals surface area (Å²) in [6.07, 6.45) is 5.07. The van der Waals surface area contributed by atoms with Crippen molar-refractivity contribution in [2.45, 2.75) is 25.5 Å². The van der Waals surface area contributed by atoms with E-state index < -0.39 is 11.2 Å². The van der Waals surface area contributed by atoms with Crippen LogP contribution in [0.3, 0.4) is 0 Å². The molecule has 0 spiro atoms. The molecule has 0 radical (unpaired) electrons. The van der Waals surface area contributed by atoms with Crippen LogP contribution in [0, 0.1) is 0 Å². The molecule has 2 N–H and O–H groups in total. The molecule has 3 rings (SSSR count). The van der Waals surface area contributed by atoms with E-state index in [-0.39, 0.29) is 17.5 Å². The average Bonchev–Trinajstić information content (AvgIpc) is 3.32. The number of amides is 1. The summed E-state index contributed by atoms with van der Waals surface area (Å²) < 4.78 is 13.6. The van der Waals surface area contributed by atoms with E-state index in [0.717, 1.165) is 17.4 Å². The van der Waals surface area contributed by atoms with Crippen LogP contribution in [-0.4, -0.2) is 51.4 Å². The lowest BCUT2D eigenvalue weighted by Gasteiger charge is -2.17. The molecule has 1 atom stereocenters. The maximum absolute atomic E-state index is 11.8. The zero-order chi connectivity index (χ0) is 21.5. The van der Waals surface area contributed by atoms with Crippen molar-refractivity contribution in [2.75, 3.05) is 13.2 Å². The molecular formula is C20H22N4O5S. The van der Waals surface area contributed by atoms with E-state index in [1.165, 1.54) is 6.21 Å². The summed E-state index contributed by atoms with van der Waals surface area (Å²) in [7, 11) is 0. The van der Waals surface area contributed by atoms with Gasteiger partial charge in [-0.25, -0.2) is 0 Å². The fourth-order valence-electron chi connectivity index (χ4n) is 2.84. The molecule has 1 aliphatic heterocycles. The van der Waals surface area contributed by atoms with Crippen molar-refractivity contribution >= 4 is 35.0 Å². The number of hydrogen-bond acceptors (Lipinski definition) is 7. The minimum Gasteiger partial charge on any atom is -0.492 e. The van der Waals surface area contributed by atoms with Gasteiger partial charge in [0, 0.05) is 18.0 Å². The van der Waals surface area contributed by atoms with Crippen LogP contribution in [0.5, 0.6) is 11.5 Å². The molecule has 0 bridgehead atoms. The first kappa shape index (κ1) is 21.4. The van der Waals surface area contributed by atoms with Gasteiger partial charge in [0.15, 0.2) is 5.17 Å². The maximum atomic E-state index is 11.8. The van der Waals surface area contributed by atoms with E-state index >= 15 is 0 Å². The number of benzene rings is 1. The number of ether oxygens (including phenoxy) is 2. The first-order valence-electron chi connectivity index (χ1n) is 9.39. The van der Waals surface area contributed by atoms with Gasteiger partial charge in [-0.1, -0.05) is 11.8 Å². The van der Waals surface area contributed by atoms with E-state index in [0.29, 0.717) is 30.3 Å². The number of nitrogens with zero attached hydrogens (tertiary/aromatic N) is 3. The number of carbonyl (C=O) groups excluding carboxylic acids is 1. The Kier molecular flexibility index (Phi) is 7.12. The molecule has 1 aromatic carbocycles. The monoisotopic (exact) mass is 430 g/mol. The van der Waals surface area contributed by atoms with Gasteiger partial charge in [-0.2, -0.15) is 5.10 Å². The van der Waals surface area contributed by atoms with Crippen LogP contribution in [-0.2, 0) is 9.59 Å². The van der Waals surface area contributed by atoms with Gasteiger partial charge in [-0.3, -0.25) is 9.59 Å². The number of aromatic nitrogens is 1. The average molecular weight is 430 g/mol. The fourth-order valence-corrected chi connectivity index (χ4v) is 3.75. The van der Waals surface area contributed by atoms with E-state index in [1.807, 2.05) is 55.1 Å². The minimum atomic E-state index is -1.04. The van der Waals surface area contributed by atoms with E-state index in [9.17, 15) is 9.59 Å². The van der Waals surface area contributed by atoms with Gasteiger partial charge in [-0.15, -0.1) is 5.10 Å². The predicted octanol–water partition coefficient (Wildman–Crippen LogP) is 2.67. The molecule has 30 heavy (non-hydrogen) atoms. The Labute approximate surface area is 177 Å². The van der Waals surface area contributed by atoms with Crippen LogP contribution in [0.2, 0.25) is 0 Å². The summed E-state index contributed by atoms with van der Waals surface area (Å²) in [6, 6.07) is 7.50. The molecule has 10 heteroatoms. The van der Waals surface area contributed by atoms with Crippen LogP contribution in [0.15, 0.2) is 46.9 Å². The Morgan fingerprint density at radius 2 is 1.87 bits per heavy atom. The second-order valence-corrected chi connectivity index (χ2v) is 7.36. The highest BCUT2D eigenvalue weighted by molar-refractivity contribution is 8.15. The number of hydrogen-bond donors (Lipinski definition) is 2. The summed E-state index contributed by atoms with van der Waals surface area (Å²) in [5.41, 5.74) is 1.50. The van der Waals surface area contributed by atoms with Crippen molar-refractivity contribution in [3.8, 4) is 17.2 Å². The number of thioether (sulfide) groups is 1. The molecule has 158 valence electrons. The van der Waals surface area contributed by atoms with Crippen LogP contribution in [0.1, 0.15) is 25.8 Å². The molecule has 1 saturated heterocycles. The second kappa shape index (κ2) is 9.97. The largest absolute Gasteiger partial charge is 0.492 e. The van der Waals surface area contributed by atoms with Crippen LogP contribution < -0.4 is 14.8 Å². The molecule has 1 unspecified atom stereocenters. The van der Waals surface area contributed by atoms with Crippen molar-refractivity contribution in [2.24, 2.45) is 10.2 Å². The first-order chi connectivity index (χ1) is 14.5. The molecule has 1 fully saturated rings. The molecular weight excluding hydrogens is 408 g/mol. The van der Waals surface area contributed by atoms with Crippen molar-refractivity contribution in [1.82, 2.24) is 9.88 Å². The summed E-state index contributed by atoms with van der Waals surface area (Å²) >= 11 is 1.05. The predicted molar refractivity (Wildman–Crippen MR) is 115 cm³/mol. The second-order valence-electron chi connectivity index (χ2n) is 6.17. The maximum Gasteiger partial charge on any atom is 0.305 e. The zero-order valence-electron chi connectivity index (χ0n) is 16.6. The van der Waals surface area contributed by atoms with Crippen molar-refractivity contribution in [1.29, 1.82) is 0 Å². The Balaban J connectivity index is 1.85. The molecule has 2 heterocycles. The molecule has 0 aliphatic carbocycles. The van der Waals surface area contributed by atoms with Crippen LogP contribution >= 0.6 is 11.8 Å². The summed E-state index contributed by atoms with van der Waals surface area (Å²) in [4.78, 5) is 22.6. The Hall–Kier alpha value is -3.27. The van der Waals surface area contributed by atoms with E-state index in [2.05, 4.69) is 15.5 Å². The number of rotatable bonds is 9. The van der Waals surface area contributed by atoms with Gasteiger partial charge >= 0.3 is 5.97 Å². The SMILES string of the molecule is CCOc1cc(C=NN=C2NC(=O)C(CC(=O)O)S2)cc(OCC)c1-n1cccc1. The van der Waals surface area contributed by atoms with Gasteiger partial charge in [-0.05, 0) is 38.1 Å². The van der Waals surface area contributed by atoms with Crippen molar-refractivity contribution in [3.63, 3.8) is 0 Å². The molecule has 9 nitrogen and oxygen atoms in total. The van der Waals surface area contributed by atoms with Gasteiger partial charge in [0.1, 0.15) is 22.4 Å². The fraction of sp³-hybridized carbons (Fsp3) is 0.300. The summed E-state index contributed by atoms with van der Waals surface area (Å²) in [6.45, 7) is 4.77. The highest BCUT2D eigenvalue weighted by atomic mass is 32.2. The number of amidine groups is 1. The molecule has 0 saturated carbocycles. The quantitative estimate of drug-likeness (QED) is 0.467. The Bertz CT molecular complexity index is 945. The third-order valence-corrected chi connectivity index (χ3v) is 5.09. The van der Waals surface area contributed by atoms with Crippen LogP contribution in [0.25, 0.3) is 5.69 Å². The van der Waals surface area contributed by atoms with Crippen LogP contribution in [0.4, 0.5) is 0 Å². The van der Waals surface area contributed by atoms with E-state index in [1.54, 1.807) is 0 Å². The molecule has 2 aromatic rings. The Morgan fingerprint density at radius 3 is 2.43 bits per heavy atom. The number of carbonyl (C=O) groups is 2. The molecule has 1 aliphatic rings. The van der Waals surface area contributed by atoms with Crippen molar-refractivity contribution < 1.29 is 24.2 Å². The summed E-state index contributed by atoms with van der Waals surface area (Å²) in [5, 5.41) is 19.0. The summed E-state index contributed by atoms with van der Waals surface area (Å²) in [5.74, 6) is -0.149. The van der Waals surface area contributed by atoms with Gasteiger partial charge in [0.25, 0.3) is 0 Å². The number of carboxylic acids is 1. The first-order valence-corrected chi connectivity index (χ1v) is 10.3. The number of aliphatic carboxylic acids is 1. The number of carboxylic acid groups (broad SMARTS) is 1. The van der Waals surface area contributed by atoms with Gasteiger partial charge in [0.05, 0.1) is 25.8 Å². The smallest absolute Gasteiger partial charge is 0.305 e. The number of nitrogens with one attached hydrogen (secondary N) is 1. The highest BCUT2D eigenvalue weighted by Gasteiger charge is 2.32. The third-order valence-electron chi connectivity index (χ3n) is 4.02. The zero-order valence-corrected chi connectivity index (χ0v) is 17.4. The highest BCUT2D eigenvalue weighted by Crippen LogP contribution is 2.34. The third kappa shape index (κ3) is 5.20. The van der Waals surface area contributed by atoms with E-state index in [4.69, 9.17) is 14.6 Å². The lowest BCUT2D eigenvalue weighted by Crippen LogP contribution is -2.26. The molecule has 1 aromatic heterocycles. The van der Waals surface area contributed by atoms with Gasteiger partial charge in [0.2, 0.25) is 5.91 Å². The normalized spacial score (nSPS) is 17.5. The lowest BCUT2D eigenvalue weighted by atomic mass is 10.1. The Morgan fingerprint density at radius 1 is 1.23 bits per heavy atom. The standard InChI is InChI=1S/C20H22N4O5S/c1-3-28-14-9-13(10-15(29-4-2)18(14)24-7-5-6-8-24)12-21-23-20-22-19(27)16(30-20)11-17(25)26/h5-10,12,16H,3-4,11H2,1-2H3,(H,25,26)(H,22,23,27). The van der Waals surface area contributed by atoms with Gasteiger partial charge < -0.3 is 24.5 Å².